The van der Waals surface area contributed by atoms with Gasteiger partial charge in [0, 0.05) is 6.92 Å². The molecule has 2 aliphatic carbocycles. The van der Waals surface area contributed by atoms with Crippen LogP contribution in [0, 0.1) is 23.7 Å². The van der Waals surface area contributed by atoms with E-state index in [0.29, 0.717) is 5.69 Å². The van der Waals surface area contributed by atoms with E-state index in [2.05, 4.69) is 12.2 Å². The Balaban J connectivity index is 1.74. The summed E-state index contributed by atoms with van der Waals surface area (Å²) in [7, 11) is 0. The van der Waals surface area contributed by atoms with Gasteiger partial charge in [-0.2, -0.15) is 0 Å². The number of allylic oxidation sites excluding steroid dienone is 2. The maximum absolute atomic E-state index is 12.8. The SMILES string of the molecule is CC(=O)Oc1ccccc1N1C(=O)[C@@H]2[C@H](C1=O)[C@H]1C=C[C@H]2C1. The van der Waals surface area contributed by atoms with Crippen molar-refractivity contribution in [3.63, 3.8) is 0 Å². The second kappa shape index (κ2) is 4.53. The number of imide groups is 1. The van der Waals surface area contributed by atoms with Gasteiger partial charge in [0.15, 0.2) is 5.75 Å². The molecule has 4 rings (SSSR count). The number of amides is 2. The monoisotopic (exact) mass is 297 g/mol. The average molecular weight is 297 g/mol. The van der Waals surface area contributed by atoms with Gasteiger partial charge in [-0.05, 0) is 30.4 Å². The number of nitrogens with zero attached hydrogens (tertiary/aromatic N) is 1. The summed E-state index contributed by atoms with van der Waals surface area (Å²) in [6, 6.07) is 6.67. The summed E-state index contributed by atoms with van der Waals surface area (Å²) in [5.74, 6) is -0.765. The van der Waals surface area contributed by atoms with Crippen LogP contribution in [0.25, 0.3) is 0 Å². The van der Waals surface area contributed by atoms with Crippen molar-refractivity contribution in [2.45, 2.75) is 13.3 Å². The van der Waals surface area contributed by atoms with E-state index in [0.717, 1.165) is 6.42 Å². The van der Waals surface area contributed by atoms with Crippen molar-refractivity contribution < 1.29 is 19.1 Å². The van der Waals surface area contributed by atoms with Crippen LogP contribution < -0.4 is 9.64 Å². The lowest BCUT2D eigenvalue weighted by molar-refractivity contribution is -0.132. The molecule has 0 N–H and O–H groups in total. The Hall–Kier alpha value is -2.43. The van der Waals surface area contributed by atoms with Crippen molar-refractivity contribution >= 4 is 23.5 Å². The van der Waals surface area contributed by atoms with Gasteiger partial charge >= 0.3 is 5.97 Å². The highest BCUT2D eigenvalue weighted by atomic mass is 16.5. The first-order valence-corrected chi connectivity index (χ1v) is 7.41. The van der Waals surface area contributed by atoms with Crippen molar-refractivity contribution in [2.24, 2.45) is 23.7 Å². The van der Waals surface area contributed by atoms with Crippen LogP contribution in [0.3, 0.4) is 0 Å². The van der Waals surface area contributed by atoms with Crippen molar-refractivity contribution in [3.05, 3.63) is 36.4 Å². The molecule has 1 saturated carbocycles. The van der Waals surface area contributed by atoms with Crippen LogP contribution in [-0.2, 0) is 14.4 Å². The molecule has 5 heteroatoms. The molecule has 22 heavy (non-hydrogen) atoms. The van der Waals surface area contributed by atoms with E-state index in [-0.39, 0.29) is 41.2 Å². The molecule has 0 unspecified atom stereocenters. The van der Waals surface area contributed by atoms with E-state index in [1.165, 1.54) is 11.8 Å². The number of anilines is 1. The third kappa shape index (κ3) is 1.68. The van der Waals surface area contributed by atoms with Crippen molar-refractivity contribution in [1.29, 1.82) is 0 Å². The van der Waals surface area contributed by atoms with E-state index < -0.39 is 5.97 Å². The third-order valence-electron chi connectivity index (χ3n) is 4.83. The molecule has 112 valence electrons. The van der Waals surface area contributed by atoms with Gasteiger partial charge in [-0.25, -0.2) is 4.90 Å². The van der Waals surface area contributed by atoms with Gasteiger partial charge in [0.25, 0.3) is 0 Å². The van der Waals surface area contributed by atoms with Gasteiger partial charge in [0.2, 0.25) is 11.8 Å². The van der Waals surface area contributed by atoms with Gasteiger partial charge in [-0.15, -0.1) is 0 Å². The number of benzene rings is 1. The molecule has 1 aromatic carbocycles. The molecule has 1 saturated heterocycles. The fourth-order valence-corrected chi connectivity index (χ4v) is 4.02. The van der Waals surface area contributed by atoms with Crippen LogP contribution in [0.4, 0.5) is 5.69 Å². The van der Waals surface area contributed by atoms with Gasteiger partial charge in [-0.1, -0.05) is 24.3 Å². The van der Waals surface area contributed by atoms with E-state index in [1.54, 1.807) is 24.3 Å². The van der Waals surface area contributed by atoms with Crippen molar-refractivity contribution in [3.8, 4) is 5.75 Å². The van der Waals surface area contributed by atoms with E-state index in [4.69, 9.17) is 4.74 Å². The van der Waals surface area contributed by atoms with E-state index in [9.17, 15) is 14.4 Å². The summed E-state index contributed by atoms with van der Waals surface area (Å²) in [6.45, 7) is 1.29. The lowest BCUT2D eigenvalue weighted by atomic mass is 9.85. The number of rotatable bonds is 2. The highest BCUT2D eigenvalue weighted by Gasteiger charge is 2.59. The lowest BCUT2D eigenvalue weighted by Crippen LogP contribution is -2.33. The van der Waals surface area contributed by atoms with Gasteiger partial charge < -0.3 is 4.74 Å². The number of hydrogen-bond acceptors (Lipinski definition) is 4. The highest BCUT2D eigenvalue weighted by molar-refractivity contribution is 6.23. The van der Waals surface area contributed by atoms with Crippen molar-refractivity contribution in [1.82, 2.24) is 0 Å². The van der Waals surface area contributed by atoms with Crippen LogP contribution in [0.15, 0.2) is 36.4 Å². The predicted molar refractivity (Wildman–Crippen MR) is 78.0 cm³/mol. The van der Waals surface area contributed by atoms with Crippen LogP contribution in [-0.4, -0.2) is 17.8 Å². The fourth-order valence-electron chi connectivity index (χ4n) is 4.02. The largest absolute Gasteiger partial charge is 0.424 e. The van der Waals surface area contributed by atoms with E-state index >= 15 is 0 Å². The molecule has 2 fully saturated rings. The zero-order valence-corrected chi connectivity index (χ0v) is 12.1. The first-order valence-electron chi connectivity index (χ1n) is 7.41. The zero-order valence-electron chi connectivity index (χ0n) is 12.1. The molecular formula is C17H15NO4. The number of esters is 1. The molecular weight excluding hydrogens is 282 g/mol. The number of fused-ring (bicyclic) bond motifs is 5. The Labute approximate surface area is 127 Å². The average Bonchev–Trinajstić information content (AvgIpc) is 3.14. The van der Waals surface area contributed by atoms with Crippen LogP contribution >= 0.6 is 0 Å². The van der Waals surface area contributed by atoms with Crippen molar-refractivity contribution in [2.75, 3.05) is 4.90 Å². The molecule has 2 bridgehead atoms. The van der Waals surface area contributed by atoms with Gasteiger partial charge in [0.1, 0.15) is 0 Å². The standard InChI is InChI=1S/C17H15NO4/c1-9(19)22-13-5-3-2-4-12(13)18-16(20)14-10-6-7-11(8-10)15(14)17(18)21/h2-7,10-11,14-15H,8H2,1H3/t10-,11-,14-,15+/m0/s1. The molecule has 1 aliphatic heterocycles. The molecule has 3 aliphatic rings. The topological polar surface area (TPSA) is 63.7 Å². The minimum Gasteiger partial charge on any atom is -0.424 e. The summed E-state index contributed by atoms with van der Waals surface area (Å²) < 4.78 is 5.15. The Morgan fingerprint density at radius 2 is 1.68 bits per heavy atom. The summed E-state index contributed by atoms with van der Waals surface area (Å²) in [5, 5.41) is 0. The summed E-state index contributed by atoms with van der Waals surface area (Å²) >= 11 is 0. The fraction of sp³-hybridized carbons (Fsp3) is 0.353. The number of carbonyl (C=O) groups excluding carboxylic acids is 3. The second-order valence-corrected chi connectivity index (χ2v) is 6.07. The maximum atomic E-state index is 12.8. The normalized spacial score (nSPS) is 31.8. The molecule has 1 aromatic rings. The second-order valence-electron chi connectivity index (χ2n) is 6.07. The Morgan fingerprint density at radius 1 is 1.09 bits per heavy atom. The van der Waals surface area contributed by atoms with Crippen LogP contribution in [0.1, 0.15) is 13.3 Å². The minimum absolute atomic E-state index is 0.164. The third-order valence-corrected chi connectivity index (χ3v) is 4.83. The smallest absolute Gasteiger partial charge is 0.308 e. The molecule has 5 nitrogen and oxygen atoms in total. The number of ether oxygens (including phenoxy) is 1. The predicted octanol–water partition coefficient (Wildman–Crippen LogP) is 1.92. The highest BCUT2D eigenvalue weighted by Crippen LogP contribution is 2.53. The minimum atomic E-state index is -0.478. The number of carbonyl (C=O) groups is 3. The maximum Gasteiger partial charge on any atom is 0.308 e. The quantitative estimate of drug-likeness (QED) is 0.362. The number of hydrogen-bond donors (Lipinski definition) is 0. The first kappa shape index (κ1) is 13.2. The molecule has 4 atom stereocenters. The zero-order chi connectivity index (χ0) is 15.4. The van der Waals surface area contributed by atoms with Gasteiger partial charge in [0.05, 0.1) is 17.5 Å². The van der Waals surface area contributed by atoms with Crippen LogP contribution in [0.2, 0.25) is 0 Å². The molecule has 0 spiro atoms. The summed E-state index contributed by atoms with van der Waals surface area (Å²) in [6.07, 6.45) is 5.00. The van der Waals surface area contributed by atoms with Crippen LogP contribution in [0.5, 0.6) is 5.75 Å². The first-order chi connectivity index (χ1) is 10.6. The Bertz CT molecular complexity index is 693. The molecule has 1 heterocycles. The molecule has 0 radical (unpaired) electrons. The summed E-state index contributed by atoms with van der Waals surface area (Å²) in [4.78, 5) is 38.0. The summed E-state index contributed by atoms with van der Waals surface area (Å²) in [5.41, 5.74) is 0.363. The lowest BCUT2D eigenvalue weighted by Gasteiger charge is -2.19. The molecule has 2 amide bonds. The Morgan fingerprint density at radius 3 is 2.27 bits per heavy atom. The van der Waals surface area contributed by atoms with E-state index in [1.807, 2.05) is 0 Å². The number of para-hydroxylation sites is 2. The molecule has 0 aromatic heterocycles. The Kier molecular flexibility index (Phi) is 2.73. The van der Waals surface area contributed by atoms with Gasteiger partial charge in [-0.3, -0.25) is 14.4 Å².